The van der Waals surface area contributed by atoms with Gasteiger partial charge in [-0.15, -0.1) is 0 Å². The van der Waals surface area contributed by atoms with E-state index < -0.39 is 0 Å². The van der Waals surface area contributed by atoms with E-state index >= 15 is 0 Å². The molecule has 0 bridgehead atoms. The van der Waals surface area contributed by atoms with Gasteiger partial charge in [0.15, 0.2) is 5.69 Å². The number of imidazole rings is 1. The van der Waals surface area contributed by atoms with Crippen molar-refractivity contribution in [1.82, 2.24) is 20.4 Å². The van der Waals surface area contributed by atoms with Gasteiger partial charge in [-0.05, 0) is 18.6 Å². The largest absolute Gasteiger partial charge is 0.360 e. The molecular formula is C17H20N4O2. The lowest BCUT2D eigenvalue weighted by Gasteiger charge is -2.00. The van der Waals surface area contributed by atoms with Crippen LogP contribution in [-0.2, 0) is 6.42 Å². The van der Waals surface area contributed by atoms with Gasteiger partial charge in [0.2, 0.25) is 0 Å². The molecule has 2 heterocycles. The number of amides is 1. The first-order valence-electron chi connectivity index (χ1n) is 7.73. The minimum absolute atomic E-state index is 0.211. The van der Waals surface area contributed by atoms with Crippen LogP contribution in [0.2, 0.25) is 0 Å². The number of aromatic amines is 1. The Hall–Kier alpha value is -2.63. The fourth-order valence-electron chi connectivity index (χ4n) is 2.40. The molecule has 0 atom stereocenters. The number of aryl methyl sites for hydroxylation is 1. The fraction of sp³-hybridized carbons (Fsp3) is 0.353. The van der Waals surface area contributed by atoms with Gasteiger partial charge in [-0.3, -0.25) is 4.79 Å². The lowest BCUT2D eigenvalue weighted by Crippen LogP contribution is -2.26. The molecule has 0 aliphatic rings. The van der Waals surface area contributed by atoms with Gasteiger partial charge in [0.25, 0.3) is 5.91 Å². The summed E-state index contributed by atoms with van der Waals surface area (Å²) in [6.07, 6.45) is 0.634. The van der Waals surface area contributed by atoms with Crippen LogP contribution in [0.1, 0.15) is 47.4 Å². The number of hydrogen-bond donors (Lipinski definition) is 2. The Labute approximate surface area is 134 Å². The lowest BCUT2D eigenvalue weighted by molar-refractivity contribution is 0.0945. The molecule has 23 heavy (non-hydrogen) atoms. The van der Waals surface area contributed by atoms with Gasteiger partial charge in [0.1, 0.15) is 11.6 Å². The van der Waals surface area contributed by atoms with E-state index in [1.165, 1.54) is 0 Å². The fourth-order valence-corrected chi connectivity index (χ4v) is 2.40. The van der Waals surface area contributed by atoms with Crippen molar-refractivity contribution in [3.8, 4) is 0 Å². The molecule has 1 amide bonds. The smallest absolute Gasteiger partial charge is 0.273 e. The predicted molar refractivity (Wildman–Crippen MR) is 87.5 cm³/mol. The monoisotopic (exact) mass is 312 g/mol. The third-order valence-corrected chi connectivity index (χ3v) is 3.74. The number of fused-ring (bicyclic) bond motifs is 1. The normalized spacial score (nSPS) is 11.3. The van der Waals surface area contributed by atoms with Gasteiger partial charge in [-0.1, -0.05) is 31.1 Å². The van der Waals surface area contributed by atoms with Crippen molar-refractivity contribution < 1.29 is 9.32 Å². The predicted octanol–water partition coefficient (Wildman–Crippen LogP) is 2.96. The van der Waals surface area contributed by atoms with E-state index in [0.29, 0.717) is 24.4 Å². The zero-order valence-electron chi connectivity index (χ0n) is 13.5. The topological polar surface area (TPSA) is 83.8 Å². The zero-order valence-corrected chi connectivity index (χ0v) is 13.5. The minimum atomic E-state index is -0.229. The molecule has 0 saturated heterocycles. The molecule has 3 aromatic rings. The Kier molecular flexibility index (Phi) is 4.14. The van der Waals surface area contributed by atoms with Crippen molar-refractivity contribution >= 4 is 16.9 Å². The molecule has 0 fully saturated rings. The third kappa shape index (κ3) is 3.26. The minimum Gasteiger partial charge on any atom is -0.360 e. The molecule has 6 heteroatoms. The maximum atomic E-state index is 12.0. The number of benzene rings is 1. The zero-order chi connectivity index (χ0) is 16.4. The molecule has 0 spiro atoms. The highest BCUT2D eigenvalue weighted by atomic mass is 16.5. The van der Waals surface area contributed by atoms with Gasteiger partial charge in [0, 0.05) is 24.9 Å². The van der Waals surface area contributed by atoms with Crippen LogP contribution in [0.3, 0.4) is 0 Å². The second kappa shape index (κ2) is 6.24. The van der Waals surface area contributed by atoms with Gasteiger partial charge >= 0.3 is 0 Å². The lowest BCUT2D eigenvalue weighted by atomic mass is 10.1. The molecule has 3 rings (SSSR count). The number of carbonyl (C=O) groups is 1. The van der Waals surface area contributed by atoms with Crippen molar-refractivity contribution in [3.05, 3.63) is 47.1 Å². The summed E-state index contributed by atoms with van der Waals surface area (Å²) in [6.45, 7) is 6.50. The summed E-state index contributed by atoms with van der Waals surface area (Å²) in [5, 5.41) is 6.64. The molecule has 6 nitrogen and oxygen atoms in total. The van der Waals surface area contributed by atoms with Crippen LogP contribution >= 0.6 is 0 Å². The van der Waals surface area contributed by atoms with Crippen molar-refractivity contribution in [3.63, 3.8) is 0 Å². The summed E-state index contributed by atoms with van der Waals surface area (Å²) in [7, 11) is 0. The SMILES string of the molecule is Cc1cccc2[nH]c(CCNC(=O)c3cc(C(C)C)on3)nc12. The first-order chi connectivity index (χ1) is 11.0. The van der Waals surface area contributed by atoms with Crippen molar-refractivity contribution in [1.29, 1.82) is 0 Å². The second-order valence-electron chi connectivity index (χ2n) is 5.93. The van der Waals surface area contributed by atoms with Crippen molar-refractivity contribution in [2.45, 2.75) is 33.1 Å². The number of aromatic nitrogens is 3. The number of hydrogen-bond acceptors (Lipinski definition) is 4. The molecule has 0 saturated carbocycles. The number of rotatable bonds is 5. The number of nitrogens with one attached hydrogen (secondary N) is 2. The Bertz CT molecular complexity index is 832. The first-order valence-corrected chi connectivity index (χ1v) is 7.73. The molecule has 1 aromatic carbocycles. The maximum absolute atomic E-state index is 12.0. The molecule has 0 unspecified atom stereocenters. The van der Waals surface area contributed by atoms with E-state index in [0.717, 1.165) is 22.4 Å². The van der Waals surface area contributed by atoms with Crippen molar-refractivity contribution in [2.75, 3.05) is 6.54 Å². The Morgan fingerprint density at radius 2 is 2.22 bits per heavy atom. The average molecular weight is 312 g/mol. The van der Waals surface area contributed by atoms with Crippen LogP contribution < -0.4 is 5.32 Å². The van der Waals surface area contributed by atoms with Crippen molar-refractivity contribution in [2.24, 2.45) is 0 Å². The van der Waals surface area contributed by atoms with Crippen LogP contribution in [0.25, 0.3) is 11.0 Å². The third-order valence-electron chi connectivity index (χ3n) is 3.74. The number of para-hydroxylation sites is 1. The number of H-pyrrole nitrogens is 1. The van der Waals surface area contributed by atoms with Crippen LogP contribution in [0.5, 0.6) is 0 Å². The van der Waals surface area contributed by atoms with E-state index in [4.69, 9.17) is 4.52 Å². The van der Waals surface area contributed by atoms with E-state index in [-0.39, 0.29) is 11.8 Å². The summed E-state index contributed by atoms with van der Waals surface area (Å²) in [6, 6.07) is 7.72. The summed E-state index contributed by atoms with van der Waals surface area (Å²) in [4.78, 5) is 19.9. The van der Waals surface area contributed by atoms with E-state index in [2.05, 4.69) is 20.4 Å². The standard InChI is InChI=1S/C17H20N4O2/c1-10(2)14-9-13(21-23-14)17(22)18-8-7-15-19-12-6-4-5-11(3)16(12)20-15/h4-6,9-10H,7-8H2,1-3H3,(H,18,22)(H,19,20). The summed E-state index contributed by atoms with van der Waals surface area (Å²) in [5.41, 5.74) is 3.45. The summed E-state index contributed by atoms with van der Waals surface area (Å²) in [5.74, 6) is 1.55. The Balaban J connectivity index is 1.59. The Morgan fingerprint density at radius 3 is 2.91 bits per heavy atom. The molecule has 0 aliphatic heterocycles. The highest BCUT2D eigenvalue weighted by Gasteiger charge is 2.14. The molecule has 120 valence electrons. The van der Waals surface area contributed by atoms with Crippen LogP contribution in [-0.4, -0.2) is 27.6 Å². The quantitative estimate of drug-likeness (QED) is 0.758. The van der Waals surface area contributed by atoms with E-state index in [9.17, 15) is 4.79 Å². The number of nitrogens with zero attached hydrogens (tertiary/aromatic N) is 2. The van der Waals surface area contributed by atoms with E-state index in [1.54, 1.807) is 6.07 Å². The molecule has 2 N–H and O–H groups in total. The van der Waals surface area contributed by atoms with E-state index in [1.807, 2.05) is 39.0 Å². The van der Waals surface area contributed by atoms with Crippen LogP contribution in [0, 0.1) is 6.92 Å². The second-order valence-corrected chi connectivity index (χ2v) is 5.93. The molecular weight excluding hydrogens is 292 g/mol. The summed E-state index contributed by atoms with van der Waals surface area (Å²) < 4.78 is 5.14. The maximum Gasteiger partial charge on any atom is 0.273 e. The molecule has 0 aliphatic carbocycles. The summed E-state index contributed by atoms with van der Waals surface area (Å²) >= 11 is 0. The van der Waals surface area contributed by atoms with Crippen LogP contribution in [0.4, 0.5) is 0 Å². The molecule has 2 aromatic heterocycles. The van der Waals surface area contributed by atoms with Crippen LogP contribution in [0.15, 0.2) is 28.8 Å². The molecule has 0 radical (unpaired) electrons. The number of carbonyl (C=O) groups excluding carboxylic acids is 1. The highest BCUT2D eigenvalue weighted by molar-refractivity contribution is 5.92. The van der Waals surface area contributed by atoms with Gasteiger partial charge in [-0.2, -0.15) is 0 Å². The Morgan fingerprint density at radius 1 is 1.39 bits per heavy atom. The highest BCUT2D eigenvalue weighted by Crippen LogP contribution is 2.16. The van der Waals surface area contributed by atoms with Gasteiger partial charge < -0.3 is 14.8 Å². The van der Waals surface area contributed by atoms with Gasteiger partial charge in [-0.25, -0.2) is 4.98 Å². The first kappa shape index (κ1) is 15.3. The average Bonchev–Trinajstić information content (AvgIpc) is 3.14. The van der Waals surface area contributed by atoms with Gasteiger partial charge in [0.05, 0.1) is 11.0 Å².